The molecule has 80 valence electrons. The van der Waals surface area contributed by atoms with Gasteiger partial charge in [-0.3, -0.25) is 4.68 Å². The second-order valence-corrected chi connectivity index (χ2v) is 3.62. The van der Waals surface area contributed by atoms with Crippen LogP contribution < -0.4 is 5.73 Å². The lowest BCUT2D eigenvalue weighted by Gasteiger charge is -2.00. The highest BCUT2D eigenvalue weighted by Crippen LogP contribution is 2.31. The quantitative estimate of drug-likeness (QED) is 0.670. The van der Waals surface area contributed by atoms with E-state index in [1.807, 2.05) is 18.2 Å². The predicted molar refractivity (Wildman–Crippen MR) is 60.6 cm³/mol. The summed E-state index contributed by atoms with van der Waals surface area (Å²) in [7, 11) is 1.80. The van der Waals surface area contributed by atoms with Crippen LogP contribution in [0.25, 0.3) is 22.1 Å². The van der Waals surface area contributed by atoms with Crippen molar-refractivity contribution in [3.63, 3.8) is 0 Å². The van der Waals surface area contributed by atoms with Gasteiger partial charge in [-0.05, 0) is 6.07 Å². The minimum Gasteiger partial charge on any atom is -0.383 e. The Morgan fingerprint density at radius 3 is 2.88 bits per heavy atom. The zero-order valence-electron chi connectivity index (χ0n) is 8.71. The standard InChI is InChI=1S/C11H10N4O/c1-15-11(12)9(6-13-15)8-4-2-3-7-5-14-16-10(7)8/h2-6H,12H2,1H3. The van der Waals surface area contributed by atoms with Gasteiger partial charge in [0, 0.05) is 23.6 Å². The van der Waals surface area contributed by atoms with E-state index >= 15 is 0 Å². The van der Waals surface area contributed by atoms with Gasteiger partial charge in [-0.15, -0.1) is 0 Å². The number of hydrogen-bond acceptors (Lipinski definition) is 4. The summed E-state index contributed by atoms with van der Waals surface area (Å²) in [6.45, 7) is 0. The maximum Gasteiger partial charge on any atom is 0.174 e. The van der Waals surface area contributed by atoms with Gasteiger partial charge >= 0.3 is 0 Å². The maximum absolute atomic E-state index is 5.93. The number of fused-ring (bicyclic) bond motifs is 1. The lowest BCUT2D eigenvalue weighted by molar-refractivity contribution is 0.457. The highest BCUT2D eigenvalue weighted by Gasteiger charge is 2.12. The third-order valence-corrected chi connectivity index (χ3v) is 2.66. The molecule has 0 aliphatic rings. The molecule has 0 fully saturated rings. The summed E-state index contributed by atoms with van der Waals surface area (Å²) >= 11 is 0. The number of rotatable bonds is 1. The molecule has 0 saturated carbocycles. The largest absolute Gasteiger partial charge is 0.383 e. The fraction of sp³-hybridized carbons (Fsp3) is 0.0909. The van der Waals surface area contributed by atoms with Crippen LogP contribution >= 0.6 is 0 Å². The Morgan fingerprint density at radius 2 is 2.12 bits per heavy atom. The highest BCUT2D eigenvalue weighted by atomic mass is 16.5. The highest BCUT2D eigenvalue weighted by molar-refractivity contribution is 5.94. The Hall–Kier alpha value is -2.30. The molecule has 16 heavy (non-hydrogen) atoms. The van der Waals surface area contributed by atoms with E-state index in [1.165, 1.54) is 0 Å². The van der Waals surface area contributed by atoms with Crippen LogP contribution in [0.2, 0.25) is 0 Å². The lowest BCUT2D eigenvalue weighted by atomic mass is 10.1. The summed E-state index contributed by atoms with van der Waals surface area (Å²) in [6, 6.07) is 5.84. The van der Waals surface area contributed by atoms with Crippen molar-refractivity contribution < 1.29 is 4.52 Å². The molecule has 0 saturated heterocycles. The molecule has 0 spiro atoms. The molecule has 5 heteroatoms. The van der Waals surface area contributed by atoms with E-state index in [9.17, 15) is 0 Å². The van der Waals surface area contributed by atoms with Crippen molar-refractivity contribution >= 4 is 16.8 Å². The number of nitrogens with zero attached hydrogens (tertiary/aromatic N) is 3. The number of nitrogens with two attached hydrogens (primary N) is 1. The number of nitrogen functional groups attached to an aromatic ring is 1. The van der Waals surface area contributed by atoms with E-state index in [-0.39, 0.29) is 0 Å². The number of anilines is 1. The Labute approximate surface area is 91.4 Å². The van der Waals surface area contributed by atoms with E-state index < -0.39 is 0 Å². The predicted octanol–water partition coefficient (Wildman–Crippen LogP) is 1.81. The van der Waals surface area contributed by atoms with Crippen molar-refractivity contribution in [1.82, 2.24) is 14.9 Å². The third kappa shape index (κ3) is 1.11. The molecule has 0 amide bonds. The maximum atomic E-state index is 5.93. The van der Waals surface area contributed by atoms with Crippen LogP contribution in [0.5, 0.6) is 0 Å². The van der Waals surface area contributed by atoms with Crippen molar-refractivity contribution in [3.05, 3.63) is 30.6 Å². The second kappa shape index (κ2) is 3.10. The van der Waals surface area contributed by atoms with Crippen LogP contribution in [0.4, 0.5) is 5.82 Å². The summed E-state index contributed by atoms with van der Waals surface area (Å²) in [4.78, 5) is 0. The molecule has 3 rings (SSSR count). The third-order valence-electron chi connectivity index (χ3n) is 2.66. The number of aromatic nitrogens is 3. The van der Waals surface area contributed by atoms with Gasteiger partial charge in [0.05, 0.1) is 12.4 Å². The summed E-state index contributed by atoms with van der Waals surface area (Å²) < 4.78 is 6.85. The molecular formula is C11H10N4O. The molecule has 0 atom stereocenters. The van der Waals surface area contributed by atoms with Crippen LogP contribution in [0.15, 0.2) is 35.1 Å². The van der Waals surface area contributed by atoms with Crippen LogP contribution in [-0.4, -0.2) is 14.9 Å². The molecule has 2 N–H and O–H groups in total. The summed E-state index contributed by atoms with van der Waals surface area (Å²) in [6.07, 6.45) is 3.41. The molecule has 5 nitrogen and oxygen atoms in total. The minimum absolute atomic E-state index is 0.615. The average molecular weight is 214 g/mol. The first-order valence-corrected chi connectivity index (χ1v) is 4.88. The first kappa shape index (κ1) is 8.96. The second-order valence-electron chi connectivity index (χ2n) is 3.62. The molecule has 0 aliphatic heterocycles. The number of aryl methyl sites for hydroxylation is 1. The first-order chi connectivity index (χ1) is 7.77. The van der Waals surface area contributed by atoms with Crippen molar-refractivity contribution in [2.75, 3.05) is 5.73 Å². The fourth-order valence-corrected chi connectivity index (χ4v) is 1.76. The fourth-order valence-electron chi connectivity index (χ4n) is 1.76. The van der Waals surface area contributed by atoms with E-state index in [0.29, 0.717) is 5.82 Å². The summed E-state index contributed by atoms with van der Waals surface area (Å²) in [5, 5.41) is 8.85. The zero-order chi connectivity index (χ0) is 11.1. The Balaban J connectivity index is 2.33. The molecule has 1 aromatic carbocycles. The first-order valence-electron chi connectivity index (χ1n) is 4.88. The number of benzene rings is 1. The van der Waals surface area contributed by atoms with Crippen molar-refractivity contribution in [2.45, 2.75) is 0 Å². The van der Waals surface area contributed by atoms with Crippen LogP contribution in [0.1, 0.15) is 0 Å². The van der Waals surface area contributed by atoms with E-state index in [1.54, 1.807) is 24.1 Å². The number of hydrogen-bond donors (Lipinski definition) is 1. The Morgan fingerprint density at radius 1 is 1.25 bits per heavy atom. The summed E-state index contributed by atoms with van der Waals surface area (Å²) in [5.41, 5.74) is 8.45. The van der Waals surface area contributed by atoms with Gasteiger partial charge in [0.1, 0.15) is 5.82 Å². The van der Waals surface area contributed by atoms with Gasteiger partial charge in [0.2, 0.25) is 0 Å². The molecule has 2 aromatic heterocycles. The van der Waals surface area contributed by atoms with E-state index in [0.717, 1.165) is 22.1 Å². The minimum atomic E-state index is 0.615. The van der Waals surface area contributed by atoms with E-state index in [4.69, 9.17) is 10.3 Å². The molecule has 3 aromatic rings. The smallest absolute Gasteiger partial charge is 0.174 e. The van der Waals surface area contributed by atoms with Gasteiger partial charge in [0.25, 0.3) is 0 Å². The lowest BCUT2D eigenvalue weighted by Crippen LogP contribution is -1.98. The SMILES string of the molecule is Cn1ncc(-c2cccc3cnoc23)c1N. The molecule has 0 aliphatic carbocycles. The molecule has 0 radical (unpaired) electrons. The van der Waals surface area contributed by atoms with Crippen LogP contribution in [-0.2, 0) is 7.05 Å². The molecular weight excluding hydrogens is 204 g/mol. The van der Waals surface area contributed by atoms with Gasteiger partial charge in [0.15, 0.2) is 5.58 Å². The molecule has 0 unspecified atom stereocenters. The van der Waals surface area contributed by atoms with Crippen molar-refractivity contribution in [2.24, 2.45) is 7.05 Å². The number of para-hydroxylation sites is 1. The van der Waals surface area contributed by atoms with Crippen LogP contribution in [0.3, 0.4) is 0 Å². The average Bonchev–Trinajstić information content (AvgIpc) is 2.87. The molecule has 0 bridgehead atoms. The topological polar surface area (TPSA) is 69.9 Å². The van der Waals surface area contributed by atoms with Gasteiger partial charge in [-0.1, -0.05) is 17.3 Å². The van der Waals surface area contributed by atoms with Gasteiger partial charge < -0.3 is 10.3 Å². The van der Waals surface area contributed by atoms with Crippen LogP contribution in [0, 0.1) is 0 Å². The molecule has 2 heterocycles. The zero-order valence-corrected chi connectivity index (χ0v) is 8.71. The van der Waals surface area contributed by atoms with E-state index in [2.05, 4.69) is 10.3 Å². The van der Waals surface area contributed by atoms with Crippen molar-refractivity contribution in [3.8, 4) is 11.1 Å². The van der Waals surface area contributed by atoms with Gasteiger partial charge in [-0.2, -0.15) is 5.10 Å². The normalized spacial score (nSPS) is 11.1. The Kier molecular flexibility index (Phi) is 1.73. The Bertz CT molecular complexity index is 653. The van der Waals surface area contributed by atoms with Gasteiger partial charge in [-0.25, -0.2) is 0 Å². The summed E-state index contributed by atoms with van der Waals surface area (Å²) in [5.74, 6) is 0.615. The van der Waals surface area contributed by atoms with Crippen molar-refractivity contribution in [1.29, 1.82) is 0 Å². The monoisotopic (exact) mass is 214 g/mol.